The Morgan fingerprint density at radius 1 is 1.10 bits per heavy atom. The molecule has 112 valence electrons. The van der Waals surface area contributed by atoms with E-state index in [1.54, 1.807) is 24.3 Å². The van der Waals surface area contributed by atoms with Crippen molar-refractivity contribution in [1.29, 1.82) is 0 Å². The van der Waals surface area contributed by atoms with Crippen molar-refractivity contribution in [3.05, 3.63) is 58.6 Å². The number of halogens is 4. The molecular weight excluding hydrogens is 345 g/mol. The summed E-state index contributed by atoms with van der Waals surface area (Å²) in [5.74, 6) is -3.41. The monoisotopic (exact) mass is 352 g/mol. The van der Waals surface area contributed by atoms with Crippen molar-refractivity contribution in [3.63, 3.8) is 0 Å². The average Bonchev–Trinajstić information content (AvgIpc) is 2.39. The largest absolute Gasteiger partial charge is 0.486 e. The van der Waals surface area contributed by atoms with E-state index in [0.717, 1.165) is 12.1 Å². The van der Waals surface area contributed by atoms with Crippen molar-refractivity contribution in [2.75, 3.05) is 0 Å². The molecule has 0 aromatic heterocycles. The van der Waals surface area contributed by atoms with Crippen LogP contribution in [0, 0.1) is 11.6 Å². The van der Waals surface area contributed by atoms with E-state index < -0.39 is 31.3 Å². The van der Waals surface area contributed by atoms with Crippen LogP contribution in [0.25, 0.3) is 0 Å². The van der Waals surface area contributed by atoms with Gasteiger partial charge in [-0.2, -0.15) is 4.39 Å². The highest BCUT2D eigenvalue weighted by Crippen LogP contribution is 2.28. The molecule has 0 fully saturated rings. The van der Waals surface area contributed by atoms with Crippen LogP contribution >= 0.6 is 22.3 Å². The van der Waals surface area contributed by atoms with Gasteiger partial charge < -0.3 is 4.74 Å². The Labute approximate surface area is 129 Å². The summed E-state index contributed by atoms with van der Waals surface area (Å²) in [5.41, 5.74) is 0.649. The Bertz CT molecular complexity index is 779. The standard InChI is InChI=1S/C13H8Cl2F2O3S/c14-9-3-1-2-8(6-9)7-20-10-4-5-11(21(15,18)19)13(17)12(10)16/h1-6H,7H2. The van der Waals surface area contributed by atoms with E-state index in [1.807, 2.05) is 0 Å². The second-order valence-corrected chi connectivity index (χ2v) is 7.02. The molecule has 21 heavy (non-hydrogen) atoms. The predicted molar refractivity (Wildman–Crippen MR) is 75.2 cm³/mol. The van der Waals surface area contributed by atoms with Gasteiger partial charge in [0.15, 0.2) is 11.6 Å². The van der Waals surface area contributed by atoms with Crippen molar-refractivity contribution in [2.24, 2.45) is 0 Å². The lowest BCUT2D eigenvalue weighted by Gasteiger charge is -2.09. The van der Waals surface area contributed by atoms with Crippen LogP contribution in [0.3, 0.4) is 0 Å². The smallest absolute Gasteiger partial charge is 0.264 e. The molecule has 2 rings (SSSR count). The molecule has 8 heteroatoms. The lowest BCUT2D eigenvalue weighted by atomic mass is 10.2. The van der Waals surface area contributed by atoms with Gasteiger partial charge in [0.1, 0.15) is 11.5 Å². The van der Waals surface area contributed by atoms with Crippen LogP contribution in [0.15, 0.2) is 41.3 Å². The maximum Gasteiger partial charge on any atom is 0.264 e. The summed E-state index contributed by atoms with van der Waals surface area (Å²) in [5, 5.41) is 0.478. The zero-order chi connectivity index (χ0) is 15.6. The average molecular weight is 353 g/mol. The summed E-state index contributed by atoms with van der Waals surface area (Å²) in [4.78, 5) is -0.934. The Kier molecular flexibility index (Phi) is 4.70. The fourth-order valence-corrected chi connectivity index (χ4v) is 2.71. The molecule has 0 aliphatic rings. The van der Waals surface area contributed by atoms with Gasteiger partial charge in [-0.05, 0) is 29.8 Å². The van der Waals surface area contributed by atoms with Gasteiger partial charge in [0.25, 0.3) is 9.05 Å². The highest BCUT2D eigenvalue weighted by molar-refractivity contribution is 8.13. The van der Waals surface area contributed by atoms with Gasteiger partial charge in [-0.25, -0.2) is 12.8 Å². The second kappa shape index (κ2) is 6.17. The molecule has 3 nitrogen and oxygen atoms in total. The lowest BCUT2D eigenvalue weighted by Crippen LogP contribution is -2.03. The van der Waals surface area contributed by atoms with Gasteiger partial charge >= 0.3 is 0 Å². The summed E-state index contributed by atoms with van der Waals surface area (Å²) in [6.07, 6.45) is 0. The van der Waals surface area contributed by atoms with Crippen molar-refractivity contribution in [3.8, 4) is 5.75 Å². The molecule has 0 atom stereocenters. The van der Waals surface area contributed by atoms with Gasteiger partial charge in [-0.1, -0.05) is 23.7 Å². The third-order valence-electron chi connectivity index (χ3n) is 2.56. The molecule has 0 aliphatic heterocycles. The molecule has 0 aliphatic carbocycles. The maximum absolute atomic E-state index is 13.7. The Morgan fingerprint density at radius 2 is 1.81 bits per heavy atom. The lowest BCUT2D eigenvalue weighted by molar-refractivity contribution is 0.283. The third-order valence-corrected chi connectivity index (χ3v) is 4.13. The van der Waals surface area contributed by atoms with Crippen LogP contribution < -0.4 is 4.74 Å². The minimum atomic E-state index is -4.36. The predicted octanol–water partition coefficient (Wildman–Crippen LogP) is 4.12. The van der Waals surface area contributed by atoms with Crippen molar-refractivity contribution in [1.82, 2.24) is 0 Å². The first-order valence-electron chi connectivity index (χ1n) is 5.59. The fraction of sp³-hybridized carbons (Fsp3) is 0.0769. The summed E-state index contributed by atoms with van der Waals surface area (Å²) in [6.45, 7) is -0.0517. The van der Waals surface area contributed by atoms with Crippen molar-refractivity contribution in [2.45, 2.75) is 11.5 Å². The number of ether oxygens (including phenoxy) is 1. The molecule has 2 aromatic rings. The number of benzene rings is 2. The number of hydrogen-bond donors (Lipinski definition) is 0. The van der Waals surface area contributed by atoms with Gasteiger partial charge in [-0.15, -0.1) is 0 Å². The SMILES string of the molecule is O=S(=O)(Cl)c1ccc(OCc2cccc(Cl)c2)c(F)c1F. The molecule has 0 amide bonds. The quantitative estimate of drug-likeness (QED) is 0.777. The first-order valence-corrected chi connectivity index (χ1v) is 8.27. The van der Waals surface area contributed by atoms with E-state index in [2.05, 4.69) is 0 Å². The Balaban J connectivity index is 2.24. The van der Waals surface area contributed by atoms with Gasteiger partial charge in [0.05, 0.1) is 0 Å². The summed E-state index contributed by atoms with van der Waals surface area (Å²) >= 11 is 5.78. The van der Waals surface area contributed by atoms with Crippen LogP contribution in [-0.2, 0) is 15.7 Å². The molecule has 0 saturated carbocycles. The molecule has 0 N–H and O–H groups in total. The summed E-state index contributed by atoms with van der Waals surface area (Å²) < 4.78 is 54.5. The van der Waals surface area contributed by atoms with E-state index in [9.17, 15) is 17.2 Å². The molecule has 0 heterocycles. The van der Waals surface area contributed by atoms with Crippen LogP contribution in [0.2, 0.25) is 5.02 Å². The van der Waals surface area contributed by atoms with E-state index in [-0.39, 0.29) is 6.61 Å². The second-order valence-electron chi connectivity index (χ2n) is 4.05. The van der Waals surface area contributed by atoms with E-state index in [1.165, 1.54) is 0 Å². The minimum Gasteiger partial charge on any atom is -0.486 e. The first-order chi connectivity index (χ1) is 9.79. The van der Waals surface area contributed by atoms with Crippen molar-refractivity contribution < 1.29 is 21.9 Å². The fourth-order valence-electron chi connectivity index (χ4n) is 1.60. The molecular formula is C13H8Cl2F2O3S. The van der Waals surface area contributed by atoms with Crippen LogP contribution in [0.4, 0.5) is 8.78 Å². The van der Waals surface area contributed by atoms with Crippen molar-refractivity contribution >= 4 is 31.3 Å². The minimum absolute atomic E-state index is 0.0517. The zero-order valence-electron chi connectivity index (χ0n) is 10.3. The normalized spacial score (nSPS) is 11.4. The number of hydrogen-bond acceptors (Lipinski definition) is 3. The van der Waals surface area contributed by atoms with E-state index >= 15 is 0 Å². The van der Waals surface area contributed by atoms with Gasteiger partial charge in [0, 0.05) is 15.7 Å². The molecule has 0 spiro atoms. The topological polar surface area (TPSA) is 43.4 Å². The first kappa shape index (κ1) is 16.0. The van der Waals surface area contributed by atoms with E-state index in [0.29, 0.717) is 10.6 Å². The molecule has 0 radical (unpaired) electrons. The van der Waals surface area contributed by atoms with Crippen LogP contribution in [0.1, 0.15) is 5.56 Å². The van der Waals surface area contributed by atoms with Gasteiger partial charge in [0.2, 0.25) is 5.82 Å². The number of rotatable bonds is 4. The zero-order valence-corrected chi connectivity index (χ0v) is 12.6. The Morgan fingerprint density at radius 3 is 2.43 bits per heavy atom. The maximum atomic E-state index is 13.7. The van der Waals surface area contributed by atoms with Crippen LogP contribution in [0.5, 0.6) is 5.75 Å². The summed E-state index contributed by atoms with van der Waals surface area (Å²) in [7, 11) is 0.627. The highest BCUT2D eigenvalue weighted by atomic mass is 35.7. The third kappa shape index (κ3) is 3.84. The van der Waals surface area contributed by atoms with E-state index in [4.69, 9.17) is 27.0 Å². The van der Waals surface area contributed by atoms with Crippen LogP contribution in [-0.4, -0.2) is 8.42 Å². The molecule has 0 unspecified atom stereocenters. The molecule has 0 bridgehead atoms. The Hall–Kier alpha value is -1.37. The molecule has 0 saturated heterocycles. The molecule has 2 aromatic carbocycles. The summed E-state index contributed by atoms with van der Waals surface area (Å²) in [6, 6.07) is 8.48. The van der Waals surface area contributed by atoms with Gasteiger partial charge in [-0.3, -0.25) is 0 Å². The highest BCUT2D eigenvalue weighted by Gasteiger charge is 2.22.